The molecule has 2 rings (SSSR count). The van der Waals surface area contributed by atoms with Crippen molar-refractivity contribution in [3.05, 3.63) is 62.5 Å². The summed E-state index contributed by atoms with van der Waals surface area (Å²) in [5.74, 6) is -0.0318. The molecule has 0 unspecified atom stereocenters. The largest absolute Gasteiger partial charge is 0.337 e. The summed E-state index contributed by atoms with van der Waals surface area (Å²) in [4.78, 5) is 14.9. The lowest BCUT2D eigenvalue weighted by Crippen LogP contribution is -2.26. The quantitative estimate of drug-likeness (QED) is 0.717. The van der Waals surface area contributed by atoms with E-state index in [0.717, 1.165) is 19.4 Å². The number of thiol groups is 1. The average Bonchev–Trinajstić information content (AvgIpc) is 2.43. The maximum absolute atomic E-state index is 12.4. The fraction of sp³-hybridized carbons (Fsp3) is 0.133. The Bertz CT molecular complexity index is 628. The summed E-state index contributed by atoms with van der Waals surface area (Å²) in [5.41, 5.74) is 1.71. The smallest absolute Gasteiger partial charge is 0.255 e. The maximum atomic E-state index is 12.4. The molecule has 20 heavy (non-hydrogen) atoms. The van der Waals surface area contributed by atoms with Gasteiger partial charge in [-0.2, -0.15) is 0 Å². The van der Waals surface area contributed by atoms with Gasteiger partial charge in [0, 0.05) is 27.4 Å². The van der Waals surface area contributed by atoms with Crippen molar-refractivity contribution in [1.29, 1.82) is 0 Å². The summed E-state index contributed by atoms with van der Waals surface area (Å²) in [6.07, 6.45) is 0. The molecule has 0 radical (unpaired) electrons. The molecular formula is C15H13Br2NOS. The van der Waals surface area contributed by atoms with E-state index in [-0.39, 0.29) is 5.91 Å². The number of benzene rings is 2. The van der Waals surface area contributed by atoms with E-state index in [2.05, 4.69) is 44.5 Å². The lowest BCUT2D eigenvalue weighted by atomic mass is 10.1. The number of nitrogens with zero attached hydrogens (tertiary/aromatic N) is 1. The van der Waals surface area contributed by atoms with Crippen molar-refractivity contribution in [3.8, 4) is 0 Å². The second-order valence-corrected chi connectivity index (χ2v) is 6.74. The number of carbonyl (C=O) groups excluding carboxylic acids is 1. The molecule has 0 aliphatic carbocycles. The number of halogens is 2. The van der Waals surface area contributed by atoms with Crippen LogP contribution in [0.5, 0.6) is 0 Å². The number of amides is 1. The number of hydrogen-bond donors (Lipinski definition) is 1. The van der Waals surface area contributed by atoms with Crippen molar-refractivity contribution >= 4 is 50.4 Å². The topological polar surface area (TPSA) is 20.3 Å². The normalized spacial score (nSPS) is 10.4. The second kappa shape index (κ2) is 6.78. The van der Waals surface area contributed by atoms with Gasteiger partial charge in [-0.05, 0) is 51.8 Å². The molecule has 0 fully saturated rings. The summed E-state index contributed by atoms with van der Waals surface area (Å²) >= 11 is 11.1. The molecule has 0 aliphatic rings. The predicted octanol–water partition coefficient (Wildman–Crippen LogP) is 4.77. The van der Waals surface area contributed by atoms with E-state index in [4.69, 9.17) is 0 Å². The van der Waals surface area contributed by atoms with Crippen LogP contribution in [0, 0.1) is 0 Å². The lowest BCUT2D eigenvalue weighted by molar-refractivity contribution is 0.0784. The van der Waals surface area contributed by atoms with Crippen LogP contribution in [-0.2, 0) is 6.54 Å². The molecule has 0 bridgehead atoms. The third-order valence-electron chi connectivity index (χ3n) is 2.86. The number of carbonyl (C=O) groups is 1. The Kier molecular flexibility index (Phi) is 5.29. The monoisotopic (exact) mass is 413 g/mol. The minimum absolute atomic E-state index is 0.0318. The Morgan fingerprint density at radius 3 is 2.45 bits per heavy atom. The fourth-order valence-electron chi connectivity index (χ4n) is 1.82. The molecule has 0 N–H and O–H groups in total. The zero-order valence-corrected chi connectivity index (χ0v) is 14.9. The minimum atomic E-state index is -0.0318. The van der Waals surface area contributed by atoms with E-state index in [0.29, 0.717) is 12.1 Å². The van der Waals surface area contributed by atoms with Crippen molar-refractivity contribution in [2.45, 2.75) is 11.4 Å². The zero-order chi connectivity index (χ0) is 14.7. The van der Waals surface area contributed by atoms with E-state index in [1.165, 1.54) is 0 Å². The second-order valence-electron chi connectivity index (χ2n) is 4.45. The molecule has 2 nitrogen and oxygen atoms in total. The van der Waals surface area contributed by atoms with E-state index < -0.39 is 0 Å². The molecule has 0 atom stereocenters. The molecule has 1 amide bonds. The van der Waals surface area contributed by atoms with Crippen molar-refractivity contribution < 1.29 is 4.79 Å². The fourth-order valence-corrected chi connectivity index (χ4v) is 2.70. The van der Waals surface area contributed by atoms with Crippen LogP contribution in [0.4, 0.5) is 0 Å². The number of rotatable bonds is 3. The average molecular weight is 415 g/mol. The molecule has 104 valence electrons. The van der Waals surface area contributed by atoms with Crippen LogP contribution in [0.3, 0.4) is 0 Å². The Morgan fingerprint density at radius 1 is 1.15 bits per heavy atom. The van der Waals surface area contributed by atoms with Crippen LogP contribution in [-0.4, -0.2) is 17.9 Å². The van der Waals surface area contributed by atoms with Crippen LogP contribution in [0.15, 0.2) is 56.3 Å². The molecule has 0 aliphatic heterocycles. The molecule has 0 heterocycles. The lowest BCUT2D eigenvalue weighted by Gasteiger charge is -2.18. The number of hydrogen-bond acceptors (Lipinski definition) is 2. The van der Waals surface area contributed by atoms with Crippen LogP contribution in [0.1, 0.15) is 15.9 Å². The maximum Gasteiger partial charge on any atom is 0.255 e. The zero-order valence-electron chi connectivity index (χ0n) is 10.8. The third kappa shape index (κ3) is 3.87. The molecule has 0 spiro atoms. The van der Waals surface area contributed by atoms with Gasteiger partial charge in [0.2, 0.25) is 0 Å². The molecule has 2 aromatic rings. The Morgan fingerprint density at radius 2 is 1.80 bits per heavy atom. The van der Waals surface area contributed by atoms with Gasteiger partial charge in [0.15, 0.2) is 0 Å². The molecule has 5 heteroatoms. The van der Waals surface area contributed by atoms with E-state index in [1.54, 1.807) is 18.0 Å². The van der Waals surface area contributed by atoms with Crippen LogP contribution < -0.4 is 0 Å². The summed E-state index contributed by atoms with van der Waals surface area (Å²) in [6, 6.07) is 13.4. The first kappa shape index (κ1) is 15.6. The van der Waals surface area contributed by atoms with Gasteiger partial charge in [0.1, 0.15) is 0 Å². The Labute approximate surface area is 140 Å². The van der Waals surface area contributed by atoms with Gasteiger partial charge in [0.05, 0.1) is 5.56 Å². The Hall–Kier alpha value is -0.780. The van der Waals surface area contributed by atoms with Gasteiger partial charge >= 0.3 is 0 Å². The first-order valence-corrected chi connectivity index (χ1v) is 7.99. The summed E-state index contributed by atoms with van der Waals surface area (Å²) in [6.45, 7) is 0.565. The summed E-state index contributed by atoms with van der Waals surface area (Å²) in [5, 5.41) is 0. The molecule has 0 saturated heterocycles. The van der Waals surface area contributed by atoms with Gasteiger partial charge in [-0.25, -0.2) is 0 Å². The summed E-state index contributed by atoms with van der Waals surface area (Å²) < 4.78 is 1.81. The van der Waals surface area contributed by atoms with Gasteiger partial charge in [-0.15, -0.1) is 12.6 Å². The van der Waals surface area contributed by atoms with Crippen molar-refractivity contribution in [3.63, 3.8) is 0 Å². The SMILES string of the molecule is CN(Cc1ccc(Br)cc1)C(=O)c1cc(S)ccc1Br. The summed E-state index contributed by atoms with van der Waals surface area (Å²) in [7, 11) is 1.79. The van der Waals surface area contributed by atoms with Crippen molar-refractivity contribution in [1.82, 2.24) is 4.90 Å². The van der Waals surface area contributed by atoms with Gasteiger partial charge in [0.25, 0.3) is 5.91 Å². The molecule has 0 saturated carbocycles. The van der Waals surface area contributed by atoms with Gasteiger partial charge < -0.3 is 4.90 Å². The Balaban J connectivity index is 2.16. The van der Waals surface area contributed by atoms with Gasteiger partial charge in [-0.3, -0.25) is 4.79 Å². The highest BCUT2D eigenvalue weighted by Crippen LogP contribution is 2.22. The molecule has 0 aromatic heterocycles. The van der Waals surface area contributed by atoms with E-state index >= 15 is 0 Å². The van der Waals surface area contributed by atoms with Crippen molar-refractivity contribution in [2.24, 2.45) is 0 Å². The van der Waals surface area contributed by atoms with Crippen LogP contribution in [0.25, 0.3) is 0 Å². The highest BCUT2D eigenvalue weighted by molar-refractivity contribution is 9.10. The first-order chi connectivity index (χ1) is 9.47. The standard InChI is InChI=1S/C15H13Br2NOS/c1-18(9-10-2-4-11(16)5-3-10)15(19)13-8-12(20)6-7-14(13)17/h2-8,20H,9H2,1H3. The van der Waals surface area contributed by atoms with Crippen LogP contribution >= 0.6 is 44.5 Å². The minimum Gasteiger partial charge on any atom is -0.337 e. The molecular weight excluding hydrogens is 402 g/mol. The van der Waals surface area contributed by atoms with E-state index in [9.17, 15) is 4.79 Å². The van der Waals surface area contributed by atoms with Crippen LogP contribution in [0.2, 0.25) is 0 Å². The highest BCUT2D eigenvalue weighted by atomic mass is 79.9. The third-order valence-corrected chi connectivity index (χ3v) is 4.36. The highest BCUT2D eigenvalue weighted by Gasteiger charge is 2.15. The van der Waals surface area contributed by atoms with Gasteiger partial charge in [-0.1, -0.05) is 28.1 Å². The predicted molar refractivity (Wildman–Crippen MR) is 91.3 cm³/mol. The van der Waals surface area contributed by atoms with E-state index in [1.807, 2.05) is 36.4 Å². The molecule has 2 aromatic carbocycles. The van der Waals surface area contributed by atoms with Crippen molar-refractivity contribution in [2.75, 3.05) is 7.05 Å². The first-order valence-electron chi connectivity index (χ1n) is 5.96.